The molecule has 0 spiro atoms. The Labute approximate surface area is 170 Å². The second-order valence-electron chi connectivity index (χ2n) is 7.41. The molecule has 2 aliphatic rings. The van der Waals surface area contributed by atoms with Crippen LogP contribution >= 0.6 is 0 Å². The van der Waals surface area contributed by atoms with Gasteiger partial charge in [0.2, 0.25) is 17.7 Å². The number of rotatable bonds is 5. The van der Waals surface area contributed by atoms with Crippen LogP contribution in [0.1, 0.15) is 44.1 Å². The van der Waals surface area contributed by atoms with Crippen LogP contribution in [0.3, 0.4) is 0 Å². The monoisotopic (exact) mass is 395 g/mol. The number of methoxy groups -OCH3 is 1. The van der Waals surface area contributed by atoms with E-state index in [4.69, 9.17) is 9.47 Å². The Kier molecular flexibility index (Phi) is 5.64. The predicted octanol–water partition coefficient (Wildman–Crippen LogP) is 3.57. The van der Waals surface area contributed by atoms with Gasteiger partial charge in [-0.1, -0.05) is 25.0 Å². The summed E-state index contributed by atoms with van der Waals surface area (Å²) in [7, 11) is 1.58. The van der Waals surface area contributed by atoms with Crippen LogP contribution in [-0.4, -0.2) is 29.9 Å². The first kappa shape index (κ1) is 19.2. The fraction of sp³-hybridized carbons (Fsp3) is 0.409. The Bertz CT molecular complexity index is 909. The highest BCUT2D eigenvalue weighted by Gasteiger charge is 2.28. The van der Waals surface area contributed by atoms with E-state index in [0.717, 1.165) is 31.2 Å². The highest BCUT2D eigenvalue weighted by atomic mass is 16.5. The number of benzene rings is 1. The molecule has 1 saturated carbocycles. The van der Waals surface area contributed by atoms with Crippen molar-refractivity contribution in [2.45, 2.75) is 51.1 Å². The molecule has 1 aliphatic carbocycles. The second kappa shape index (κ2) is 8.51. The zero-order chi connectivity index (χ0) is 20.2. The van der Waals surface area contributed by atoms with Crippen molar-refractivity contribution in [2.75, 3.05) is 12.0 Å². The van der Waals surface area contributed by atoms with Crippen LogP contribution in [0.2, 0.25) is 0 Å². The van der Waals surface area contributed by atoms with Gasteiger partial charge in [0, 0.05) is 30.6 Å². The number of pyridine rings is 1. The summed E-state index contributed by atoms with van der Waals surface area (Å²) >= 11 is 0. The lowest BCUT2D eigenvalue weighted by molar-refractivity contribution is -0.125. The number of hydrogen-bond donors (Lipinski definition) is 1. The summed E-state index contributed by atoms with van der Waals surface area (Å²) in [5, 5.41) is 3.04. The lowest BCUT2D eigenvalue weighted by atomic mass is 10.1. The molecule has 1 aromatic carbocycles. The molecule has 7 nitrogen and oxygen atoms in total. The van der Waals surface area contributed by atoms with Crippen LogP contribution in [0.5, 0.6) is 17.4 Å². The van der Waals surface area contributed by atoms with Crippen molar-refractivity contribution < 1.29 is 19.1 Å². The first-order valence-corrected chi connectivity index (χ1v) is 10.0. The highest BCUT2D eigenvalue weighted by molar-refractivity contribution is 5.96. The van der Waals surface area contributed by atoms with Crippen molar-refractivity contribution in [2.24, 2.45) is 0 Å². The third kappa shape index (κ3) is 4.18. The normalized spacial score (nSPS) is 15.7. The standard InChI is InChI=1S/C22H25N3O4/c1-28-18-10-4-6-15-14-25(17-9-5-13-23-22(17)29-21(15)18)20(27)12-11-19(26)24-16-7-2-3-8-16/h4-6,9-10,13,16H,2-3,7-8,11-12,14H2,1H3,(H,24,26). The molecule has 0 unspecified atom stereocenters. The van der Waals surface area contributed by atoms with E-state index in [1.807, 2.05) is 18.2 Å². The number of nitrogens with one attached hydrogen (secondary N) is 1. The van der Waals surface area contributed by atoms with Crippen LogP contribution in [0.15, 0.2) is 36.5 Å². The molecule has 0 atom stereocenters. The number of nitrogens with zero attached hydrogens (tertiary/aromatic N) is 2. The first-order chi connectivity index (χ1) is 14.2. The van der Waals surface area contributed by atoms with Gasteiger partial charge in [-0.2, -0.15) is 0 Å². The van der Waals surface area contributed by atoms with Crippen molar-refractivity contribution in [3.63, 3.8) is 0 Å². The minimum absolute atomic E-state index is 0.0650. The van der Waals surface area contributed by atoms with Gasteiger partial charge in [0.05, 0.1) is 13.7 Å². The molecule has 29 heavy (non-hydrogen) atoms. The molecule has 4 rings (SSSR count). The molecule has 1 aliphatic heterocycles. The van der Waals surface area contributed by atoms with Gasteiger partial charge >= 0.3 is 0 Å². The van der Waals surface area contributed by atoms with Gasteiger partial charge in [-0.25, -0.2) is 4.98 Å². The van der Waals surface area contributed by atoms with E-state index in [0.29, 0.717) is 29.6 Å². The van der Waals surface area contributed by atoms with Gasteiger partial charge in [-0.3, -0.25) is 9.59 Å². The summed E-state index contributed by atoms with van der Waals surface area (Å²) < 4.78 is 11.4. The highest BCUT2D eigenvalue weighted by Crippen LogP contribution is 2.42. The summed E-state index contributed by atoms with van der Waals surface area (Å²) in [4.78, 5) is 31.2. The van der Waals surface area contributed by atoms with Gasteiger partial charge < -0.3 is 19.7 Å². The van der Waals surface area contributed by atoms with Crippen molar-refractivity contribution in [1.82, 2.24) is 10.3 Å². The summed E-state index contributed by atoms with van der Waals surface area (Å²) in [6, 6.07) is 9.40. The summed E-state index contributed by atoms with van der Waals surface area (Å²) in [6.45, 7) is 0.328. The Hall–Kier alpha value is -3.09. The molecular weight excluding hydrogens is 370 g/mol. The number of carbonyl (C=O) groups excluding carboxylic acids is 2. The average molecular weight is 395 g/mol. The molecule has 2 heterocycles. The maximum Gasteiger partial charge on any atom is 0.243 e. The van der Waals surface area contributed by atoms with E-state index >= 15 is 0 Å². The lowest BCUT2D eigenvalue weighted by Crippen LogP contribution is -2.35. The predicted molar refractivity (Wildman–Crippen MR) is 108 cm³/mol. The van der Waals surface area contributed by atoms with Gasteiger partial charge in [-0.15, -0.1) is 0 Å². The van der Waals surface area contributed by atoms with Crippen LogP contribution < -0.4 is 19.7 Å². The van der Waals surface area contributed by atoms with Crippen LogP contribution in [0.25, 0.3) is 0 Å². The van der Waals surface area contributed by atoms with E-state index in [2.05, 4.69) is 10.3 Å². The zero-order valence-corrected chi connectivity index (χ0v) is 16.5. The molecule has 1 fully saturated rings. The zero-order valence-electron chi connectivity index (χ0n) is 16.5. The number of hydrogen-bond acceptors (Lipinski definition) is 5. The molecule has 7 heteroatoms. The average Bonchev–Trinajstić information content (AvgIpc) is 3.18. The molecule has 2 amide bonds. The molecule has 0 saturated heterocycles. The first-order valence-electron chi connectivity index (χ1n) is 10.0. The largest absolute Gasteiger partial charge is 0.493 e. The molecular formula is C22H25N3O4. The molecule has 1 aromatic heterocycles. The SMILES string of the molecule is COc1cccc2c1Oc1ncccc1N(C(=O)CCC(=O)NC1CCCC1)C2. The fourth-order valence-corrected chi connectivity index (χ4v) is 3.93. The van der Waals surface area contributed by atoms with E-state index in [1.165, 1.54) is 0 Å². The van der Waals surface area contributed by atoms with E-state index < -0.39 is 0 Å². The maximum absolute atomic E-state index is 13.1. The topological polar surface area (TPSA) is 80.8 Å². The molecule has 0 radical (unpaired) electrons. The van der Waals surface area contributed by atoms with Crippen LogP contribution in [-0.2, 0) is 16.1 Å². The minimum atomic E-state index is -0.139. The molecule has 0 bridgehead atoms. The van der Waals surface area contributed by atoms with Crippen molar-refractivity contribution in [3.8, 4) is 17.4 Å². The van der Waals surface area contributed by atoms with Gasteiger partial charge in [-0.05, 0) is 31.0 Å². The maximum atomic E-state index is 13.1. The Balaban J connectivity index is 1.52. The second-order valence-corrected chi connectivity index (χ2v) is 7.41. The number of fused-ring (bicyclic) bond motifs is 2. The van der Waals surface area contributed by atoms with E-state index in [-0.39, 0.29) is 30.7 Å². The lowest BCUT2D eigenvalue weighted by Gasteiger charge is -2.21. The van der Waals surface area contributed by atoms with Crippen molar-refractivity contribution >= 4 is 17.5 Å². The third-order valence-electron chi connectivity index (χ3n) is 5.44. The van der Waals surface area contributed by atoms with Crippen LogP contribution in [0, 0.1) is 0 Å². The van der Waals surface area contributed by atoms with Gasteiger partial charge in [0.25, 0.3) is 0 Å². The number of amides is 2. The fourth-order valence-electron chi connectivity index (χ4n) is 3.93. The number of carbonyl (C=O) groups is 2. The Morgan fingerprint density at radius 3 is 2.83 bits per heavy atom. The van der Waals surface area contributed by atoms with Gasteiger partial charge in [0.1, 0.15) is 5.69 Å². The third-order valence-corrected chi connectivity index (χ3v) is 5.44. The van der Waals surface area contributed by atoms with Gasteiger partial charge in [0.15, 0.2) is 11.5 Å². The summed E-state index contributed by atoms with van der Waals surface area (Å²) in [5.74, 6) is 1.29. The summed E-state index contributed by atoms with van der Waals surface area (Å²) in [5.41, 5.74) is 1.41. The van der Waals surface area contributed by atoms with Crippen LogP contribution in [0.4, 0.5) is 5.69 Å². The summed E-state index contributed by atoms with van der Waals surface area (Å²) in [6.07, 6.45) is 6.30. The smallest absolute Gasteiger partial charge is 0.243 e. The Morgan fingerprint density at radius 1 is 1.21 bits per heavy atom. The minimum Gasteiger partial charge on any atom is -0.493 e. The van der Waals surface area contributed by atoms with Crippen molar-refractivity contribution in [3.05, 3.63) is 42.1 Å². The number of ether oxygens (including phenoxy) is 2. The molecule has 152 valence electrons. The molecule has 2 aromatic rings. The van der Waals surface area contributed by atoms with Crippen molar-refractivity contribution in [1.29, 1.82) is 0 Å². The molecule has 1 N–H and O–H groups in total. The number of para-hydroxylation sites is 1. The number of aromatic nitrogens is 1. The van der Waals surface area contributed by atoms with E-state index in [1.54, 1.807) is 30.3 Å². The quantitative estimate of drug-likeness (QED) is 0.837. The van der Waals surface area contributed by atoms with E-state index in [9.17, 15) is 9.59 Å². The Morgan fingerprint density at radius 2 is 2.03 bits per heavy atom. The number of anilines is 1.